The molecule has 0 aliphatic rings. The maximum Gasteiger partial charge on any atom is 0.251 e. The van der Waals surface area contributed by atoms with Gasteiger partial charge in [-0.05, 0) is 49.2 Å². The molecule has 1 heterocycles. The molecule has 0 aliphatic carbocycles. The Balaban J connectivity index is 1.58. The number of thioether (sulfide) groups is 1. The minimum absolute atomic E-state index is 0.138. The van der Waals surface area contributed by atoms with E-state index in [9.17, 15) is 9.59 Å². The molecule has 0 spiro atoms. The number of carbonyl (C=O) groups is 1. The fourth-order valence-corrected chi connectivity index (χ4v) is 3.37. The van der Waals surface area contributed by atoms with Gasteiger partial charge in [-0.15, -0.1) is 0 Å². The predicted octanol–water partition coefficient (Wildman–Crippen LogP) is 3.70. The summed E-state index contributed by atoms with van der Waals surface area (Å²) in [4.78, 5) is 31.1. The lowest BCUT2D eigenvalue weighted by molar-refractivity contribution is -0.113. The maximum absolute atomic E-state index is 12.2. The molecule has 0 fully saturated rings. The van der Waals surface area contributed by atoms with Gasteiger partial charge in [0.2, 0.25) is 5.91 Å². The Kier molecular flexibility index (Phi) is 6.49. The Hall–Kier alpha value is -3.06. The van der Waals surface area contributed by atoms with Crippen molar-refractivity contribution in [3.63, 3.8) is 0 Å². The summed E-state index contributed by atoms with van der Waals surface area (Å²) in [5.41, 5.74) is 3.15. The first-order valence-electron chi connectivity index (χ1n) is 8.77. The summed E-state index contributed by atoms with van der Waals surface area (Å²) in [5.74, 6) is 0.675. The van der Waals surface area contributed by atoms with Gasteiger partial charge in [-0.2, -0.15) is 0 Å². The molecule has 0 atom stereocenters. The second-order valence-electron chi connectivity index (χ2n) is 6.36. The zero-order valence-corrected chi connectivity index (χ0v) is 16.5. The second-order valence-corrected chi connectivity index (χ2v) is 7.32. The predicted molar refractivity (Wildman–Crippen MR) is 111 cm³/mol. The molecule has 0 radical (unpaired) electrons. The van der Waals surface area contributed by atoms with Gasteiger partial charge in [-0.25, -0.2) is 4.98 Å². The van der Waals surface area contributed by atoms with Gasteiger partial charge in [-0.3, -0.25) is 9.59 Å². The van der Waals surface area contributed by atoms with E-state index in [1.165, 1.54) is 17.8 Å². The average molecular weight is 395 g/mol. The zero-order valence-electron chi connectivity index (χ0n) is 15.7. The number of nitrogens with zero attached hydrogens (tertiary/aromatic N) is 1. The number of carbonyl (C=O) groups excluding carboxylic acids is 1. The van der Waals surface area contributed by atoms with Crippen LogP contribution in [0.15, 0.2) is 64.5 Å². The number of para-hydroxylation sites is 1. The summed E-state index contributed by atoms with van der Waals surface area (Å²) in [5, 5.41) is 3.25. The van der Waals surface area contributed by atoms with Crippen LogP contribution >= 0.6 is 11.8 Å². The lowest BCUT2D eigenvalue weighted by Crippen LogP contribution is -2.16. The number of ether oxygens (including phenoxy) is 1. The van der Waals surface area contributed by atoms with Gasteiger partial charge in [0.05, 0.1) is 11.4 Å². The van der Waals surface area contributed by atoms with E-state index in [4.69, 9.17) is 4.74 Å². The van der Waals surface area contributed by atoms with Crippen LogP contribution in [0.2, 0.25) is 0 Å². The van der Waals surface area contributed by atoms with Gasteiger partial charge >= 0.3 is 0 Å². The van der Waals surface area contributed by atoms with Crippen molar-refractivity contribution in [1.82, 2.24) is 9.97 Å². The zero-order chi connectivity index (χ0) is 19.9. The first-order valence-corrected chi connectivity index (χ1v) is 9.75. The van der Waals surface area contributed by atoms with E-state index in [1.807, 2.05) is 62.4 Å². The molecule has 0 saturated carbocycles. The van der Waals surface area contributed by atoms with E-state index in [2.05, 4.69) is 15.3 Å². The number of hydrogen-bond donors (Lipinski definition) is 2. The second kappa shape index (κ2) is 9.23. The molecule has 1 aromatic heterocycles. The topological polar surface area (TPSA) is 84.1 Å². The van der Waals surface area contributed by atoms with Crippen LogP contribution < -0.4 is 15.6 Å². The van der Waals surface area contributed by atoms with Crippen LogP contribution in [0.25, 0.3) is 0 Å². The first-order chi connectivity index (χ1) is 13.5. The molecule has 2 N–H and O–H groups in total. The van der Waals surface area contributed by atoms with Crippen LogP contribution in [0.3, 0.4) is 0 Å². The lowest BCUT2D eigenvalue weighted by Gasteiger charge is -2.08. The highest BCUT2D eigenvalue weighted by Gasteiger charge is 2.08. The van der Waals surface area contributed by atoms with Crippen molar-refractivity contribution in [2.75, 3.05) is 11.1 Å². The Morgan fingerprint density at radius 3 is 2.54 bits per heavy atom. The van der Waals surface area contributed by atoms with Crippen molar-refractivity contribution >= 4 is 23.4 Å². The van der Waals surface area contributed by atoms with Gasteiger partial charge in [0.1, 0.15) is 12.4 Å². The Morgan fingerprint density at radius 1 is 1.11 bits per heavy atom. The highest BCUT2D eigenvalue weighted by molar-refractivity contribution is 7.99. The highest BCUT2D eigenvalue weighted by atomic mass is 32.2. The normalized spacial score (nSPS) is 10.5. The van der Waals surface area contributed by atoms with Crippen LogP contribution in [0.1, 0.15) is 16.8 Å². The van der Waals surface area contributed by atoms with E-state index in [-0.39, 0.29) is 23.8 Å². The third-order valence-corrected chi connectivity index (χ3v) is 4.62. The molecular weight excluding hydrogens is 374 g/mol. The summed E-state index contributed by atoms with van der Waals surface area (Å²) in [6, 6.07) is 16.6. The quantitative estimate of drug-likeness (QED) is 0.471. The minimum atomic E-state index is -0.279. The van der Waals surface area contributed by atoms with Gasteiger partial charge in [0.25, 0.3) is 5.56 Å². The monoisotopic (exact) mass is 395 g/mol. The van der Waals surface area contributed by atoms with Crippen LogP contribution in [-0.2, 0) is 11.4 Å². The maximum atomic E-state index is 12.2. The van der Waals surface area contributed by atoms with Crippen LogP contribution in [0, 0.1) is 13.8 Å². The Labute approximate surface area is 167 Å². The summed E-state index contributed by atoms with van der Waals surface area (Å²) < 4.78 is 5.63. The molecule has 1 amide bonds. The number of rotatable bonds is 7. The van der Waals surface area contributed by atoms with Crippen molar-refractivity contribution in [3.8, 4) is 5.75 Å². The SMILES string of the molecule is Cc1cc(C)cc(NC(=O)CSc2nc(COc3ccccc3)cc(=O)[nH]2)c1. The fourth-order valence-electron chi connectivity index (χ4n) is 2.68. The molecule has 6 nitrogen and oxygen atoms in total. The number of aromatic nitrogens is 2. The van der Waals surface area contributed by atoms with Gasteiger partial charge in [0.15, 0.2) is 5.16 Å². The summed E-state index contributed by atoms with van der Waals surface area (Å²) in [7, 11) is 0. The molecule has 28 heavy (non-hydrogen) atoms. The third-order valence-electron chi connectivity index (χ3n) is 3.75. The van der Waals surface area contributed by atoms with Crippen LogP contribution in [0.4, 0.5) is 5.69 Å². The van der Waals surface area contributed by atoms with Crippen molar-refractivity contribution in [2.45, 2.75) is 25.6 Å². The molecule has 0 aliphatic heterocycles. The van der Waals surface area contributed by atoms with Crippen molar-refractivity contribution in [2.24, 2.45) is 0 Å². The fraction of sp³-hybridized carbons (Fsp3) is 0.190. The van der Waals surface area contributed by atoms with Crippen LogP contribution in [-0.4, -0.2) is 21.6 Å². The smallest absolute Gasteiger partial charge is 0.251 e. The van der Waals surface area contributed by atoms with Gasteiger partial charge in [0, 0.05) is 11.8 Å². The standard InChI is InChI=1S/C21H21N3O3S/c1-14-8-15(2)10-16(9-14)22-20(26)13-28-21-23-17(11-19(25)24-21)12-27-18-6-4-3-5-7-18/h3-11H,12-13H2,1-2H3,(H,22,26)(H,23,24,25). The van der Waals surface area contributed by atoms with E-state index in [0.29, 0.717) is 16.6 Å². The average Bonchev–Trinajstić information content (AvgIpc) is 2.64. The van der Waals surface area contributed by atoms with E-state index < -0.39 is 0 Å². The first kappa shape index (κ1) is 19.7. The third kappa shape index (κ3) is 5.99. The Bertz CT molecular complexity index is 999. The number of aryl methyl sites for hydroxylation is 2. The number of H-pyrrole nitrogens is 1. The molecule has 0 unspecified atom stereocenters. The van der Waals surface area contributed by atoms with Gasteiger partial charge < -0.3 is 15.0 Å². The summed E-state index contributed by atoms with van der Waals surface area (Å²) >= 11 is 1.17. The lowest BCUT2D eigenvalue weighted by atomic mass is 10.1. The molecule has 7 heteroatoms. The molecule has 3 rings (SSSR count). The summed E-state index contributed by atoms with van der Waals surface area (Å²) in [6.45, 7) is 4.14. The largest absolute Gasteiger partial charge is 0.487 e. The number of aromatic amines is 1. The van der Waals surface area contributed by atoms with Crippen molar-refractivity contribution in [3.05, 3.63) is 81.8 Å². The van der Waals surface area contributed by atoms with E-state index in [1.54, 1.807) is 0 Å². The minimum Gasteiger partial charge on any atom is -0.487 e. The summed E-state index contributed by atoms with van der Waals surface area (Å²) in [6.07, 6.45) is 0. The Morgan fingerprint density at radius 2 is 1.82 bits per heavy atom. The molecule has 0 bridgehead atoms. The van der Waals surface area contributed by atoms with Crippen LogP contribution in [0.5, 0.6) is 5.75 Å². The number of nitrogens with one attached hydrogen (secondary N) is 2. The number of hydrogen-bond acceptors (Lipinski definition) is 5. The molecule has 3 aromatic rings. The number of anilines is 1. The molecule has 0 saturated heterocycles. The highest BCUT2D eigenvalue weighted by Crippen LogP contribution is 2.16. The molecular formula is C21H21N3O3S. The van der Waals surface area contributed by atoms with Crippen molar-refractivity contribution < 1.29 is 9.53 Å². The molecule has 144 valence electrons. The van der Waals surface area contributed by atoms with E-state index >= 15 is 0 Å². The van der Waals surface area contributed by atoms with Crippen molar-refractivity contribution in [1.29, 1.82) is 0 Å². The molecule has 2 aromatic carbocycles. The number of amides is 1. The number of benzene rings is 2. The van der Waals surface area contributed by atoms with Gasteiger partial charge in [-0.1, -0.05) is 36.0 Å². The van der Waals surface area contributed by atoms with E-state index in [0.717, 1.165) is 16.8 Å².